The van der Waals surface area contributed by atoms with Gasteiger partial charge in [-0.1, -0.05) is 60.7 Å². The summed E-state index contributed by atoms with van der Waals surface area (Å²) in [5.41, 5.74) is 1.43. The average Bonchev–Trinajstić information content (AvgIpc) is 3.87. The fourth-order valence-electron chi connectivity index (χ4n) is 7.34. The van der Waals surface area contributed by atoms with Crippen molar-refractivity contribution in [3.8, 4) is 39.8 Å². The van der Waals surface area contributed by atoms with E-state index in [4.69, 9.17) is 18.9 Å². The molecule has 1 unspecified atom stereocenters. The molecule has 1 aliphatic rings. The quantitative estimate of drug-likeness (QED) is 0.0989. The minimum absolute atomic E-state index is 0.00814. The van der Waals surface area contributed by atoms with Crippen LogP contribution in [0.4, 0.5) is 10.5 Å². The van der Waals surface area contributed by atoms with E-state index in [1.807, 2.05) is 0 Å². The number of aliphatic hydroxyl groups excluding tert-OH is 1. The molecular formula is C46H49N7O11S2. The highest BCUT2D eigenvalue weighted by atomic mass is 32.2. The number of methoxy groups -OCH3 is 3. The number of alkyl carbamates (subject to hydrolysis) is 1. The second-order valence-corrected chi connectivity index (χ2v) is 20.2. The fourth-order valence-corrected chi connectivity index (χ4v) is 11.0. The van der Waals surface area contributed by atoms with Crippen LogP contribution >= 0.6 is 0 Å². The van der Waals surface area contributed by atoms with Gasteiger partial charge in [0.25, 0.3) is 5.91 Å². The Morgan fingerprint density at radius 2 is 1.35 bits per heavy atom. The highest BCUT2D eigenvalue weighted by Gasteiger charge is 2.39. The summed E-state index contributed by atoms with van der Waals surface area (Å²) in [7, 11) is -5.11. The molecule has 1 aromatic heterocycles. The molecule has 2 amide bonds. The van der Waals surface area contributed by atoms with Crippen molar-refractivity contribution in [3.63, 3.8) is 0 Å². The average molecular weight is 940 g/mol. The van der Waals surface area contributed by atoms with Gasteiger partial charge < -0.3 is 34.7 Å². The molecule has 1 aliphatic heterocycles. The lowest BCUT2D eigenvalue weighted by molar-refractivity contribution is -0.123. The minimum atomic E-state index is -5.01. The molecule has 0 spiro atoms. The Morgan fingerprint density at radius 1 is 0.788 bits per heavy atom. The van der Waals surface area contributed by atoms with Crippen molar-refractivity contribution in [2.24, 2.45) is 0 Å². The number of anilines is 1. The zero-order valence-corrected chi connectivity index (χ0v) is 38.6. The number of hydrogen-bond donors (Lipinski definition) is 3. The molecule has 0 saturated heterocycles. The third kappa shape index (κ3) is 10.3. The predicted octanol–water partition coefficient (Wildman–Crippen LogP) is 5.76. The number of para-hydroxylation sites is 1. The van der Waals surface area contributed by atoms with Gasteiger partial charge in [0, 0.05) is 30.8 Å². The number of hydrogen-bond acceptors (Lipinski definition) is 14. The maximum Gasteiger partial charge on any atom is 0.407 e. The molecule has 18 nitrogen and oxygen atoms in total. The fraction of sp³-hybridized carbons (Fsp3) is 0.283. The molecule has 7 rings (SSSR count). The number of benzene rings is 5. The number of carbonyl (C=O) groups is 2. The third-order valence-corrected chi connectivity index (χ3v) is 14.3. The van der Waals surface area contributed by atoms with Crippen LogP contribution in [-0.2, 0) is 49.0 Å². The van der Waals surface area contributed by atoms with Gasteiger partial charge in [0.05, 0.1) is 49.8 Å². The molecular weight excluding hydrogens is 891 g/mol. The molecule has 5 aromatic carbocycles. The smallest absolute Gasteiger partial charge is 0.407 e. The second kappa shape index (κ2) is 19.3. The van der Waals surface area contributed by atoms with E-state index in [0.717, 1.165) is 4.31 Å². The lowest BCUT2D eigenvalue weighted by Gasteiger charge is -2.27. The molecule has 6 aromatic rings. The standard InChI is InChI=1S/C46H49N7O11S2/c1-46(2,3)64-45(56)47-24-25-65(57,58)38-23-22-35(36-8-7-9-37-40(36)48-44(55)41(37)54)39(43-49-50-51-53(43)28-31-14-20-34(63-6)21-15-31)42(38)66(59,60)52(26-29-10-16-32(61-4)17-11-29)27-30-12-18-33(62-5)19-13-30/h7-23,41,54H,24-28H2,1-6H3,(H,47,56)(H,48,55). The van der Waals surface area contributed by atoms with Gasteiger partial charge >= 0.3 is 6.09 Å². The number of nitrogens with zero attached hydrogens (tertiary/aromatic N) is 5. The van der Waals surface area contributed by atoms with Crippen molar-refractivity contribution in [1.29, 1.82) is 0 Å². The summed E-state index contributed by atoms with van der Waals surface area (Å²) in [6.07, 6.45) is -2.40. The van der Waals surface area contributed by atoms with Gasteiger partial charge in [-0.3, -0.25) is 4.79 Å². The highest BCUT2D eigenvalue weighted by molar-refractivity contribution is 7.93. The molecule has 2 heterocycles. The Kier molecular flexibility index (Phi) is 13.8. The van der Waals surface area contributed by atoms with Crippen LogP contribution in [0.1, 0.15) is 49.1 Å². The number of rotatable bonds is 17. The van der Waals surface area contributed by atoms with E-state index in [0.29, 0.717) is 33.9 Å². The van der Waals surface area contributed by atoms with Crippen molar-refractivity contribution in [2.75, 3.05) is 38.9 Å². The molecule has 20 heteroatoms. The number of ether oxygens (including phenoxy) is 4. The van der Waals surface area contributed by atoms with E-state index in [1.165, 1.54) is 38.1 Å². The van der Waals surface area contributed by atoms with Gasteiger partial charge in [0.2, 0.25) is 10.0 Å². The van der Waals surface area contributed by atoms with Crippen molar-refractivity contribution in [3.05, 3.63) is 125 Å². The Labute approximate surface area is 382 Å². The number of aromatic nitrogens is 4. The molecule has 0 aliphatic carbocycles. The van der Waals surface area contributed by atoms with Crippen LogP contribution in [0.2, 0.25) is 0 Å². The third-order valence-electron chi connectivity index (χ3n) is 10.6. The van der Waals surface area contributed by atoms with Crippen molar-refractivity contribution >= 4 is 37.5 Å². The first-order chi connectivity index (χ1) is 31.4. The van der Waals surface area contributed by atoms with Crippen LogP contribution in [0, 0.1) is 0 Å². The van der Waals surface area contributed by atoms with E-state index in [9.17, 15) is 23.1 Å². The maximum atomic E-state index is 16.1. The first kappa shape index (κ1) is 47.1. The van der Waals surface area contributed by atoms with Gasteiger partial charge in [0.15, 0.2) is 21.8 Å². The Morgan fingerprint density at radius 3 is 1.89 bits per heavy atom. The highest BCUT2D eigenvalue weighted by Crippen LogP contribution is 2.47. The molecule has 346 valence electrons. The summed E-state index contributed by atoms with van der Waals surface area (Å²) < 4.78 is 85.8. The van der Waals surface area contributed by atoms with Gasteiger partial charge in [-0.2, -0.15) is 4.31 Å². The number of amides is 2. The summed E-state index contributed by atoms with van der Waals surface area (Å²) in [5.74, 6) is 0.0506. The molecule has 66 heavy (non-hydrogen) atoms. The largest absolute Gasteiger partial charge is 0.497 e. The number of tetrazole rings is 1. The van der Waals surface area contributed by atoms with Gasteiger partial charge in [-0.25, -0.2) is 26.3 Å². The number of aliphatic hydroxyl groups is 1. The van der Waals surface area contributed by atoms with E-state index in [2.05, 4.69) is 26.2 Å². The minimum Gasteiger partial charge on any atom is -0.497 e. The van der Waals surface area contributed by atoms with Crippen molar-refractivity contribution < 1.29 is 50.5 Å². The molecule has 0 saturated carbocycles. The number of fused-ring (bicyclic) bond motifs is 1. The summed E-state index contributed by atoms with van der Waals surface area (Å²) in [6, 6.07) is 27.9. The summed E-state index contributed by atoms with van der Waals surface area (Å²) in [4.78, 5) is 24.3. The molecule has 3 N–H and O–H groups in total. The first-order valence-corrected chi connectivity index (χ1v) is 23.7. The van der Waals surface area contributed by atoms with E-state index in [-0.39, 0.29) is 53.4 Å². The molecule has 0 fully saturated rings. The van der Waals surface area contributed by atoms with Crippen molar-refractivity contribution in [1.82, 2.24) is 29.8 Å². The van der Waals surface area contributed by atoms with Crippen LogP contribution in [0.25, 0.3) is 22.5 Å². The van der Waals surface area contributed by atoms with Gasteiger partial charge in [-0.15, -0.1) is 5.10 Å². The topological polar surface area (TPSA) is 230 Å². The maximum absolute atomic E-state index is 16.1. The van der Waals surface area contributed by atoms with Crippen LogP contribution in [-0.4, -0.2) is 97.7 Å². The van der Waals surface area contributed by atoms with Crippen LogP contribution < -0.4 is 24.8 Å². The zero-order chi connectivity index (χ0) is 47.4. The zero-order valence-electron chi connectivity index (χ0n) is 37.0. The Bertz CT molecular complexity index is 2910. The normalized spacial score (nSPS) is 13.8. The Balaban J connectivity index is 1.51. The SMILES string of the molecule is COc1ccc(CN(Cc2ccc(OC)cc2)S(=O)(=O)c2c(S(=O)(=O)CCNC(=O)OC(C)(C)C)ccc(-c3cccc4c3NC(=O)C4O)c2-c2nnnn2Cc2ccc(OC)cc2)cc1. The molecule has 0 bridgehead atoms. The van der Waals surface area contributed by atoms with E-state index >= 15 is 8.42 Å². The van der Waals surface area contributed by atoms with Crippen LogP contribution in [0.15, 0.2) is 113 Å². The number of sulfonamides is 1. The van der Waals surface area contributed by atoms with Gasteiger partial charge in [-0.05, 0) is 95.9 Å². The predicted molar refractivity (Wildman–Crippen MR) is 243 cm³/mol. The second-order valence-electron chi connectivity index (χ2n) is 16.2. The van der Waals surface area contributed by atoms with Gasteiger partial charge in [0.1, 0.15) is 27.7 Å². The summed E-state index contributed by atoms with van der Waals surface area (Å²) >= 11 is 0. The van der Waals surface area contributed by atoms with E-state index in [1.54, 1.807) is 112 Å². The number of carbonyl (C=O) groups excluding carboxylic acids is 2. The van der Waals surface area contributed by atoms with Crippen LogP contribution in [0.3, 0.4) is 0 Å². The lowest BCUT2D eigenvalue weighted by Crippen LogP contribution is -2.35. The number of nitrogens with one attached hydrogen (secondary N) is 2. The molecule has 1 atom stereocenters. The summed E-state index contributed by atoms with van der Waals surface area (Å²) in [6.45, 7) is 4.02. The van der Waals surface area contributed by atoms with Crippen LogP contribution in [0.5, 0.6) is 17.2 Å². The summed E-state index contributed by atoms with van der Waals surface area (Å²) in [5, 5.41) is 28.6. The van der Waals surface area contributed by atoms with Crippen molar-refractivity contribution in [2.45, 2.75) is 61.9 Å². The first-order valence-electron chi connectivity index (χ1n) is 20.6. The monoisotopic (exact) mass is 939 g/mol. The Hall–Kier alpha value is -6.87. The molecule has 0 radical (unpaired) electrons. The van der Waals surface area contributed by atoms with E-state index < -0.39 is 65.7 Å². The lowest BCUT2D eigenvalue weighted by atomic mass is 9.95. The number of sulfone groups is 1.